The van der Waals surface area contributed by atoms with E-state index in [1.54, 1.807) is 6.92 Å². The normalized spacial score (nSPS) is 17.5. The lowest BCUT2D eigenvalue weighted by atomic mass is 10.0. The molecule has 0 radical (unpaired) electrons. The average molecular weight is 530 g/mol. The molecule has 0 aliphatic carbocycles. The van der Waals surface area contributed by atoms with E-state index >= 15 is 0 Å². The molecule has 1 aromatic carbocycles. The van der Waals surface area contributed by atoms with Gasteiger partial charge in [-0.1, -0.05) is 24.3 Å². The van der Waals surface area contributed by atoms with E-state index in [-0.39, 0.29) is 18.1 Å². The zero-order chi connectivity index (χ0) is 26.3. The number of halogens is 4. The fourth-order valence-corrected chi connectivity index (χ4v) is 4.09. The van der Waals surface area contributed by atoms with Gasteiger partial charge in [-0.3, -0.25) is 14.9 Å². The Hall–Kier alpha value is -3.39. The van der Waals surface area contributed by atoms with Gasteiger partial charge in [0.2, 0.25) is 16.9 Å². The second-order valence-electron chi connectivity index (χ2n) is 7.82. The third kappa shape index (κ3) is 7.55. The van der Waals surface area contributed by atoms with Gasteiger partial charge in [-0.25, -0.2) is 9.18 Å². The summed E-state index contributed by atoms with van der Waals surface area (Å²) < 4.78 is 50.8. The Morgan fingerprint density at radius 2 is 1.94 bits per heavy atom. The van der Waals surface area contributed by atoms with Gasteiger partial charge in [0.15, 0.2) is 0 Å². The molecule has 194 valence electrons. The molecular weight excluding hydrogens is 506 g/mol. The SMILES string of the molecule is CC[C@@H](/C=C/C(=O)Nc1nnc(-c2ccc(F)cc2)s1)NC(=O)[C@@H]1CCCCN1OC(=O)C(F)(F)F. The predicted octanol–water partition coefficient (Wildman–Crippen LogP) is 3.61. The molecule has 36 heavy (non-hydrogen) atoms. The van der Waals surface area contributed by atoms with Crippen LogP contribution in [0.2, 0.25) is 0 Å². The summed E-state index contributed by atoms with van der Waals surface area (Å²) in [5, 5.41) is 14.5. The van der Waals surface area contributed by atoms with Crippen LogP contribution in [0.4, 0.5) is 22.7 Å². The van der Waals surface area contributed by atoms with Gasteiger partial charge < -0.3 is 10.2 Å². The lowest BCUT2D eigenvalue weighted by molar-refractivity contribution is -0.248. The molecule has 2 aromatic rings. The van der Waals surface area contributed by atoms with Crippen molar-refractivity contribution >= 4 is 34.3 Å². The molecular formula is C22H23F4N5O4S. The highest BCUT2D eigenvalue weighted by atomic mass is 32.1. The number of hydrogen-bond acceptors (Lipinski definition) is 8. The first kappa shape index (κ1) is 27.2. The van der Waals surface area contributed by atoms with Crippen LogP contribution in [-0.4, -0.2) is 57.8 Å². The second-order valence-corrected chi connectivity index (χ2v) is 8.80. The standard InChI is InChI=1S/C22H23F4N5O4S/c1-2-15(27-18(33)16-5-3-4-12-31(16)35-20(34)22(24,25)26)10-11-17(32)28-21-30-29-19(36-21)13-6-8-14(23)9-7-13/h6-11,15-16H,2-5,12H2,1H3,(H,27,33)(H,28,30,32)/b11-10+/t15-,16-/m0/s1. The Kier molecular flexibility index (Phi) is 9.09. The van der Waals surface area contributed by atoms with Crippen LogP contribution < -0.4 is 10.6 Å². The fourth-order valence-electron chi connectivity index (χ4n) is 3.33. The van der Waals surface area contributed by atoms with Gasteiger partial charge in [0.1, 0.15) is 16.9 Å². The third-order valence-corrected chi connectivity index (χ3v) is 6.07. The minimum Gasteiger partial charge on any atom is -0.360 e. The summed E-state index contributed by atoms with van der Waals surface area (Å²) in [6.07, 6.45) is -0.897. The molecule has 3 rings (SSSR count). The quantitative estimate of drug-likeness (QED) is 0.397. The van der Waals surface area contributed by atoms with E-state index < -0.39 is 41.9 Å². The first-order valence-corrected chi connectivity index (χ1v) is 11.8. The smallest absolute Gasteiger partial charge is 0.360 e. The summed E-state index contributed by atoms with van der Waals surface area (Å²) in [6, 6.07) is 3.95. The molecule has 0 bridgehead atoms. The highest BCUT2D eigenvalue weighted by molar-refractivity contribution is 7.18. The molecule has 1 aliphatic heterocycles. The summed E-state index contributed by atoms with van der Waals surface area (Å²) >= 11 is 1.09. The van der Waals surface area contributed by atoms with E-state index in [2.05, 4.69) is 25.7 Å². The summed E-state index contributed by atoms with van der Waals surface area (Å²) in [5.74, 6) is -3.93. The molecule has 1 aromatic heterocycles. The molecule has 0 spiro atoms. The lowest BCUT2D eigenvalue weighted by Gasteiger charge is -2.33. The third-order valence-electron chi connectivity index (χ3n) is 5.18. The second kappa shape index (κ2) is 12.0. The number of benzene rings is 1. The largest absolute Gasteiger partial charge is 0.492 e. The van der Waals surface area contributed by atoms with Crippen LogP contribution in [0.15, 0.2) is 36.4 Å². The van der Waals surface area contributed by atoms with Crippen molar-refractivity contribution in [2.75, 3.05) is 11.9 Å². The molecule has 0 unspecified atom stereocenters. The van der Waals surface area contributed by atoms with E-state index in [1.165, 1.54) is 36.4 Å². The maximum atomic E-state index is 13.1. The Labute approximate surface area is 207 Å². The van der Waals surface area contributed by atoms with Gasteiger partial charge >= 0.3 is 12.1 Å². The topological polar surface area (TPSA) is 114 Å². The van der Waals surface area contributed by atoms with Gasteiger partial charge in [-0.15, -0.1) is 15.3 Å². The van der Waals surface area contributed by atoms with Crippen molar-refractivity contribution in [3.63, 3.8) is 0 Å². The summed E-state index contributed by atoms with van der Waals surface area (Å²) in [5.41, 5.74) is 0.636. The van der Waals surface area contributed by atoms with Crippen LogP contribution in [0.3, 0.4) is 0 Å². The van der Waals surface area contributed by atoms with Crippen LogP contribution >= 0.6 is 11.3 Å². The van der Waals surface area contributed by atoms with E-state index in [4.69, 9.17) is 0 Å². The van der Waals surface area contributed by atoms with Crippen molar-refractivity contribution in [3.05, 3.63) is 42.2 Å². The molecule has 14 heteroatoms. The molecule has 1 aliphatic rings. The number of aromatic nitrogens is 2. The number of nitrogens with one attached hydrogen (secondary N) is 2. The van der Waals surface area contributed by atoms with Crippen molar-refractivity contribution in [1.29, 1.82) is 0 Å². The van der Waals surface area contributed by atoms with Crippen LogP contribution in [0.25, 0.3) is 10.6 Å². The van der Waals surface area contributed by atoms with Crippen molar-refractivity contribution in [3.8, 4) is 10.6 Å². The number of carbonyl (C=O) groups is 3. The highest BCUT2D eigenvalue weighted by Gasteiger charge is 2.44. The van der Waals surface area contributed by atoms with Crippen molar-refractivity contribution in [2.24, 2.45) is 0 Å². The molecule has 2 N–H and O–H groups in total. The maximum absolute atomic E-state index is 13.1. The fraction of sp³-hybridized carbons (Fsp3) is 0.409. The molecule has 1 saturated heterocycles. The zero-order valence-corrected chi connectivity index (χ0v) is 19.9. The minimum atomic E-state index is -5.17. The first-order valence-electron chi connectivity index (χ1n) is 11.0. The van der Waals surface area contributed by atoms with E-state index in [0.717, 1.165) is 16.4 Å². The van der Waals surface area contributed by atoms with Crippen LogP contribution in [0.5, 0.6) is 0 Å². The van der Waals surface area contributed by atoms with Gasteiger partial charge in [-0.05, 0) is 49.9 Å². The molecule has 1 fully saturated rings. The van der Waals surface area contributed by atoms with Gasteiger partial charge in [0.25, 0.3) is 0 Å². The van der Waals surface area contributed by atoms with Crippen LogP contribution in [0.1, 0.15) is 32.6 Å². The molecule has 2 heterocycles. The number of rotatable bonds is 8. The van der Waals surface area contributed by atoms with Gasteiger partial charge in [0, 0.05) is 24.2 Å². The minimum absolute atomic E-state index is 0.00327. The van der Waals surface area contributed by atoms with Gasteiger partial charge in [-0.2, -0.15) is 13.2 Å². The first-order chi connectivity index (χ1) is 17.1. The Morgan fingerprint density at radius 1 is 1.22 bits per heavy atom. The number of amides is 2. The van der Waals surface area contributed by atoms with Crippen molar-refractivity contribution < 1.29 is 36.8 Å². The maximum Gasteiger partial charge on any atom is 0.492 e. The van der Waals surface area contributed by atoms with Crippen LogP contribution in [-0.2, 0) is 19.2 Å². The van der Waals surface area contributed by atoms with Crippen molar-refractivity contribution in [1.82, 2.24) is 20.6 Å². The number of hydrogen-bond donors (Lipinski definition) is 2. The number of carbonyl (C=O) groups excluding carboxylic acids is 3. The number of hydroxylamine groups is 2. The average Bonchev–Trinajstić information content (AvgIpc) is 3.30. The lowest BCUT2D eigenvalue weighted by Crippen LogP contribution is -2.52. The summed E-state index contributed by atoms with van der Waals surface area (Å²) in [6.45, 7) is 1.74. The highest BCUT2D eigenvalue weighted by Crippen LogP contribution is 2.26. The zero-order valence-electron chi connectivity index (χ0n) is 19.0. The Balaban J connectivity index is 1.56. The van der Waals surface area contributed by atoms with E-state index in [1.807, 2.05) is 0 Å². The summed E-state index contributed by atoms with van der Waals surface area (Å²) in [7, 11) is 0. The molecule has 2 amide bonds. The number of nitrogens with zero attached hydrogens (tertiary/aromatic N) is 3. The predicted molar refractivity (Wildman–Crippen MR) is 122 cm³/mol. The molecule has 2 atom stereocenters. The number of anilines is 1. The molecule has 0 saturated carbocycles. The number of piperidine rings is 1. The van der Waals surface area contributed by atoms with E-state index in [0.29, 0.717) is 29.8 Å². The van der Waals surface area contributed by atoms with Gasteiger partial charge in [0.05, 0.1) is 0 Å². The number of alkyl halides is 3. The van der Waals surface area contributed by atoms with E-state index in [9.17, 15) is 31.9 Å². The monoisotopic (exact) mass is 529 g/mol. The molecule has 9 nitrogen and oxygen atoms in total. The Morgan fingerprint density at radius 3 is 2.61 bits per heavy atom. The van der Waals surface area contributed by atoms with Crippen LogP contribution in [0, 0.1) is 5.82 Å². The Bertz CT molecular complexity index is 1110. The van der Waals surface area contributed by atoms with Crippen molar-refractivity contribution in [2.45, 2.75) is 50.9 Å². The summed E-state index contributed by atoms with van der Waals surface area (Å²) in [4.78, 5) is 40.6.